The van der Waals surface area contributed by atoms with E-state index in [0.29, 0.717) is 42.5 Å². The number of amides is 1. The summed E-state index contributed by atoms with van der Waals surface area (Å²) in [6, 6.07) is 1.48. The number of nitrogens with zero attached hydrogens (tertiary/aromatic N) is 1. The molecule has 1 aliphatic heterocycles. The molecular formula is C30H38F3NO5S. The Morgan fingerprint density at radius 1 is 1.05 bits per heavy atom. The van der Waals surface area contributed by atoms with Gasteiger partial charge in [-0.05, 0) is 82.6 Å². The molecule has 0 spiro atoms. The highest BCUT2D eigenvalue weighted by Gasteiger charge is 2.62. The summed E-state index contributed by atoms with van der Waals surface area (Å²) in [5.41, 5.74) is -1.56. The number of carbonyl (C=O) groups is 2. The molecule has 1 atom stereocenters. The fourth-order valence-corrected chi connectivity index (χ4v) is 7.10. The van der Waals surface area contributed by atoms with Crippen LogP contribution < -0.4 is 4.90 Å². The molecule has 220 valence electrons. The van der Waals surface area contributed by atoms with Crippen LogP contribution in [0.3, 0.4) is 0 Å². The summed E-state index contributed by atoms with van der Waals surface area (Å²) in [4.78, 5) is 29.3. The van der Waals surface area contributed by atoms with Crippen LogP contribution in [0.5, 0.6) is 0 Å². The summed E-state index contributed by atoms with van der Waals surface area (Å²) >= 11 is 1.00. The van der Waals surface area contributed by atoms with Crippen LogP contribution in [-0.2, 0) is 19.0 Å². The molecule has 1 saturated heterocycles. The molecule has 6 nitrogen and oxygen atoms in total. The smallest absolute Gasteiger partial charge is 0.405 e. The van der Waals surface area contributed by atoms with Crippen molar-refractivity contribution in [1.29, 1.82) is 0 Å². The van der Waals surface area contributed by atoms with Gasteiger partial charge in [-0.1, -0.05) is 18.8 Å². The molecule has 0 N–H and O–H groups in total. The van der Waals surface area contributed by atoms with Gasteiger partial charge in [0.15, 0.2) is 0 Å². The predicted octanol–water partition coefficient (Wildman–Crippen LogP) is 6.50. The second-order valence-electron chi connectivity index (χ2n) is 11.9. The molecule has 1 unspecified atom stereocenters. The zero-order valence-corrected chi connectivity index (χ0v) is 24.0. The average molecular weight is 582 g/mol. The lowest BCUT2D eigenvalue weighted by Crippen LogP contribution is -2.47. The highest BCUT2D eigenvalue weighted by molar-refractivity contribution is 7.15. The summed E-state index contributed by atoms with van der Waals surface area (Å²) in [7, 11) is 1.27. The summed E-state index contributed by atoms with van der Waals surface area (Å²) in [5, 5.41) is 0. The quantitative estimate of drug-likeness (QED) is 0.283. The molecule has 1 aromatic rings. The zero-order valence-electron chi connectivity index (χ0n) is 23.2. The lowest BCUT2D eigenvalue weighted by atomic mass is 9.81. The summed E-state index contributed by atoms with van der Waals surface area (Å²) in [5.74, 6) is 4.92. The van der Waals surface area contributed by atoms with Crippen molar-refractivity contribution >= 4 is 28.9 Å². The van der Waals surface area contributed by atoms with Crippen LogP contribution >= 0.6 is 11.3 Å². The minimum Gasteiger partial charge on any atom is -0.465 e. The van der Waals surface area contributed by atoms with E-state index in [0.717, 1.165) is 56.3 Å². The molecule has 1 aromatic heterocycles. The van der Waals surface area contributed by atoms with Gasteiger partial charge >= 0.3 is 12.1 Å². The van der Waals surface area contributed by atoms with Crippen LogP contribution in [0, 0.1) is 29.1 Å². The number of halogens is 3. The molecule has 3 saturated carbocycles. The zero-order chi connectivity index (χ0) is 28.5. The van der Waals surface area contributed by atoms with Crippen LogP contribution in [0.1, 0.15) is 92.1 Å². The van der Waals surface area contributed by atoms with E-state index < -0.39 is 17.6 Å². The molecule has 4 fully saturated rings. The number of carbonyl (C=O) groups excluding carboxylic acids is 2. The highest BCUT2D eigenvalue weighted by atomic mass is 32.1. The summed E-state index contributed by atoms with van der Waals surface area (Å²) in [6.07, 6.45) is 3.16. The lowest BCUT2D eigenvalue weighted by Gasteiger charge is -2.40. The third-order valence-corrected chi connectivity index (χ3v) is 9.96. The predicted molar refractivity (Wildman–Crippen MR) is 145 cm³/mol. The molecule has 0 radical (unpaired) electrons. The number of rotatable bonds is 6. The van der Waals surface area contributed by atoms with Crippen molar-refractivity contribution in [1.82, 2.24) is 0 Å². The Bertz CT molecular complexity index is 1130. The van der Waals surface area contributed by atoms with Gasteiger partial charge in [-0.25, -0.2) is 4.79 Å². The third-order valence-electron chi connectivity index (χ3n) is 8.94. The molecule has 4 aliphatic rings. The number of ether oxygens (including phenoxy) is 3. The summed E-state index contributed by atoms with van der Waals surface area (Å²) in [6.45, 7) is 3.52. The third kappa shape index (κ3) is 6.37. The van der Waals surface area contributed by atoms with Gasteiger partial charge in [0, 0.05) is 18.6 Å². The van der Waals surface area contributed by atoms with E-state index in [1.54, 1.807) is 11.0 Å². The highest BCUT2D eigenvalue weighted by Crippen LogP contribution is 2.57. The van der Waals surface area contributed by atoms with Crippen molar-refractivity contribution in [2.45, 2.75) is 102 Å². The second-order valence-corrected chi connectivity index (χ2v) is 12.9. The van der Waals surface area contributed by atoms with E-state index >= 15 is 0 Å². The number of hydrogen-bond donors (Lipinski definition) is 0. The fourth-order valence-electron chi connectivity index (χ4n) is 6.18. The number of anilines is 1. The van der Waals surface area contributed by atoms with E-state index in [4.69, 9.17) is 14.2 Å². The minimum absolute atomic E-state index is 0.0168. The van der Waals surface area contributed by atoms with Crippen LogP contribution in [0.25, 0.3) is 0 Å². The van der Waals surface area contributed by atoms with Gasteiger partial charge in [0.2, 0.25) is 5.91 Å². The standard InChI is InChI=1S/C30H38F3NO5S/c1-19-3-5-20(6-4-19)27(35)34(21-7-9-22(10-8-21)39-23-12-16-38-18-23)25-17-24(40-26(25)28(36)37-2)11-13-29(14-15-29)30(31,32)33/h17,19-23H,3-10,12,14-16,18H2,1-2H3/t19-,20-,21-,22-,23?. The maximum Gasteiger partial charge on any atom is 0.405 e. The van der Waals surface area contributed by atoms with Gasteiger partial charge < -0.3 is 19.1 Å². The van der Waals surface area contributed by atoms with E-state index in [-0.39, 0.29) is 47.8 Å². The molecule has 2 heterocycles. The Labute approximate surface area is 237 Å². The molecule has 3 aliphatic carbocycles. The normalized spacial score (nSPS) is 29.8. The van der Waals surface area contributed by atoms with Crippen molar-refractivity contribution in [3.05, 3.63) is 15.8 Å². The van der Waals surface area contributed by atoms with Crippen LogP contribution in [0.4, 0.5) is 18.9 Å². The van der Waals surface area contributed by atoms with Gasteiger partial charge in [0.25, 0.3) is 0 Å². The Kier molecular flexibility index (Phi) is 8.84. The van der Waals surface area contributed by atoms with E-state index in [1.807, 2.05) is 0 Å². The largest absolute Gasteiger partial charge is 0.465 e. The van der Waals surface area contributed by atoms with Crippen LogP contribution in [0.15, 0.2) is 6.07 Å². The Balaban J connectivity index is 1.43. The first kappa shape index (κ1) is 29.4. The van der Waals surface area contributed by atoms with Gasteiger partial charge in [-0.15, -0.1) is 11.3 Å². The number of methoxy groups -OCH3 is 1. The maximum atomic E-state index is 14.1. The van der Waals surface area contributed by atoms with Gasteiger partial charge in [0.1, 0.15) is 10.3 Å². The molecule has 1 amide bonds. The van der Waals surface area contributed by atoms with Gasteiger partial charge in [-0.3, -0.25) is 4.79 Å². The van der Waals surface area contributed by atoms with Crippen molar-refractivity contribution in [2.75, 3.05) is 25.2 Å². The first-order valence-electron chi connectivity index (χ1n) is 14.5. The Morgan fingerprint density at radius 3 is 2.33 bits per heavy atom. The molecule has 5 rings (SSSR count). The lowest BCUT2D eigenvalue weighted by molar-refractivity contribution is -0.168. The molecule has 40 heavy (non-hydrogen) atoms. The molecule has 0 aromatic carbocycles. The van der Waals surface area contributed by atoms with E-state index in [2.05, 4.69) is 18.8 Å². The number of alkyl halides is 3. The van der Waals surface area contributed by atoms with Gasteiger partial charge in [0.05, 0.1) is 36.5 Å². The fraction of sp³-hybridized carbons (Fsp3) is 0.733. The van der Waals surface area contributed by atoms with Crippen molar-refractivity contribution in [3.8, 4) is 11.8 Å². The number of thiophene rings is 1. The first-order valence-corrected chi connectivity index (χ1v) is 15.3. The van der Waals surface area contributed by atoms with E-state index in [1.165, 1.54) is 7.11 Å². The second kappa shape index (κ2) is 12.0. The Morgan fingerprint density at radius 2 is 1.75 bits per heavy atom. The Hall–Kier alpha value is -2.09. The number of hydrogen-bond acceptors (Lipinski definition) is 6. The topological polar surface area (TPSA) is 65.1 Å². The average Bonchev–Trinajstić information content (AvgIpc) is 3.37. The van der Waals surface area contributed by atoms with Crippen LogP contribution in [0.2, 0.25) is 0 Å². The van der Waals surface area contributed by atoms with Crippen LogP contribution in [-0.4, -0.2) is 56.6 Å². The van der Waals surface area contributed by atoms with Gasteiger partial charge in [-0.2, -0.15) is 13.2 Å². The first-order chi connectivity index (χ1) is 19.1. The van der Waals surface area contributed by atoms with Crippen molar-refractivity contribution in [3.63, 3.8) is 0 Å². The monoisotopic (exact) mass is 581 g/mol. The van der Waals surface area contributed by atoms with Crippen molar-refractivity contribution < 1.29 is 37.0 Å². The molecule has 0 bridgehead atoms. The summed E-state index contributed by atoms with van der Waals surface area (Å²) < 4.78 is 57.2. The molecular weight excluding hydrogens is 543 g/mol. The SMILES string of the molecule is COC(=O)c1sc(C#CC2(C(F)(F)F)CC2)cc1N(C(=O)[C@H]1CC[C@H](C)CC1)[C@H]1CC[C@H](OC2CCOC2)CC1. The molecule has 10 heteroatoms. The number of esters is 1. The van der Waals surface area contributed by atoms with E-state index in [9.17, 15) is 22.8 Å². The maximum absolute atomic E-state index is 14.1. The van der Waals surface area contributed by atoms with Crippen molar-refractivity contribution in [2.24, 2.45) is 17.3 Å². The minimum atomic E-state index is -4.39.